The third-order valence-corrected chi connectivity index (χ3v) is 8.85. The number of halogens is 1. The standard InChI is InChI=1S/C28H30ClN3O5S/c1-36-23-9-11-24(12-10-23)38(34,35)32-19-27(37-26-13-8-22(29)16-25(26)32)28(33)30-17-20-4-6-21(7-5-20)18-31-14-2-3-15-31/h4-13,16,27H,2-3,14-15,17-19H2,1H3,(H,30,33)/t27-/m0/s1. The lowest BCUT2D eigenvalue weighted by molar-refractivity contribution is -0.127. The lowest BCUT2D eigenvalue weighted by atomic mass is 10.1. The zero-order valence-corrected chi connectivity index (χ0v) is 22.7. The van der Waals surface area contributed by atoms with Gasteiger partial charge in [0.2, 0.25) is 0 Å². The van der Waals surface area contributed by atoms with E-state index in [1.165, 1.54) is 48.0 Å². The van der Waals surface area contributed by atoms with Gasteiger partial charge in [0.25, 0.3) is 15.9 Å². The van der Waals surface area contributed by atoms with Crippen molar-refractivity contribution in [3.05, 3.63) is 82.9 Å². The van der Waals surface area contributed by atoms with Crippen LogP contribution in [0.1, 0.15) is 24.0 Å². The Morgan fingerprint density at radius 2 is 1.71 bits per heavy atom. The molecule has 0 unspecified atom stereocenters. The molecule has 5 rings (SSSR count). The number of nitrogens with one attached hydrogen (secondary N) is 1. The second-order valence-corrected chi connectivity index (χ2v) is 11.7. The molecule has 38 heavy (non-hydrogen) atoms. The van der Waals surface area contributed by atoms with Crippen LogP contribution in [0.15, 0.2) is 71.6 Å². The van der Waals surface area contributed by atoms with E-state index in [2.05, 4.69) is 22.3 Å². The second-order valence-electron chi connectivity index (χ2n) is 9.45. The molecule has 1 amide bonds. The second kappa shape index (κ2) is 11.2. The molecule has 2 aliphatic rings. The monoisotopic (exact) mass is 555 g/mol. The predicted molar refractivity (Wildman–Crippen MR) is 146 cm³/mol. The van der Waals surface area contributed by atoms with Crippen molar-refractivity contribution in [1.29, 1.82) is 0 Å². The number of benzene rings is 3. The Balaban J connectivity index is 1.30. The Labute approximate surface area is 228 Å². The van der Waals surface area contributed by atoms with Gasteiger partial charge in [-0.3, -0.25) is 14.0 Å². The van der Waals surface area contributed by atoms with Crippen LogP contribution in [0.4, 0.5) is 5.69 Å². The van der Waals surface area contributed by atoms with Crippen LogP contribution in [-0.4, -0.2) is 52.1 Å². The first-order valence-electron chi connectivity index (χ1n) is 12.5. The highest BCUT2D eigenvalue weighted by Gasteiger charge is 2.37. The highest BCUT2D eigenvalue weighted by molar-refractivity contribution is 7.92. The zero-order chi connectivity index (χ0) is 26.7. The van der Waals surface area contributed by atoms with Crippen molar-refractivity contribution in [1.82, 2.24) is 10.2 Å². The summed E-state index contributed by atoms with van der Waals surface area (Å²) in [5.41, 5.74) is 2.48. The van der Waals surface area contributed by atoms with Crippen molar-refractivity contribution >= 4 is 33.2 Å². The molecular formula is C28H30ClN3O5S. The largest absolute Gasteiger partial charge is 0.497 e. The number of likely N-dealkylation sites (tertiary alicyclic amines) is 1. The molecule has 3 aromatic rings. The van der Waals surface area contributed by atoms with Crippen molar-refractivity contribution in [2.75, 3.05) is 31.0 Å². The van der Waals surface area contributed by atoms with Gasteiger partial charge in [-0.2, -0.15) is 0 Å². The van der Waals surface area contributed by atoms with E-state index in [1.54, 1.807) is 24.3 Å². The highest BCUT2D eigenvalue weighted by Crippen LogP contribution is 2.39. The summed E-state index contributed by atoms with van der Waals surface area (Å²) in [5, 5.41) is 3.25. The number of anilines is 1. The summed E-state index contributed by atoms with van der Waals surface area (Å²) in [6.07, 6.45) is 1.47. The molecule has 0 aliphatic carbocycles. The number of hydrogen-bond donors (Lipinski definition) is 1. The third kappa shape index (κ3) is 5.75. The molecule has 10 heteroatoms. The summed E-state index contributed by atoms with van der Waals surface area (Å²) >= 11 is 6.18. The molecule has 200 valence electrons. The minimum atomic E-state index is -4.01. The molecular weight excluding hydrogens is 526 g/mol. The van der Waals surface area contributed by atoms with E-state index < -0.39 is 22.0 Å². The Bertz CT molecular complexity index is 1390. The molecule has 0 spiro atoms. The summed E-state index contributed by atoms with van der Waals surface area (Å²) in [7, 11) is -2.50. The van der Waals surface area contributed by atoms with E-state index in [4.69, 9.17) is 21.1 Å². The number of sulfonamides is 1. The van der Waals surface area contributed by atoms with Crippen LogP contribution in [0.2, 0.25) is 5.02 Å². The molecule has 1 saturated heterocycles. The number of ether oxygens (including phenoxy) is 2. The molecule has 1 atom stereocenters. The molecule has 1 N–H and O–H groups in total. The zero-order valence-electron chi connectivity index (χ0n) is 21.1. The summed E-state index contributed by atoms with van der Waals surface area (Å²) < 4.78 is 39.5. The molecule has 0 radical (unpaired) electrons. The van der Waals surface area contributed by atoms with Gasteiger partial charge in [0.1, 0.15) is 11.5 Å². The third-order valence-electron chi connectivity index (χ3n) is 6.82. The van der Waals surface area contributed by atoms with E-state index >= 15 is 0 Å². The Kier molecular flexibility index (Phi) is 7.78. The summed E-state index contributed by atoms with van der Waals surface area (Å²) in [6.45, 7) is 3.33. The minimum Gasteiger partial charge on any atom is -0.497 e. The van der Waals surface area contributed by atoms with Crippen LogP contribution in [0, 0.1) is 0 Å². The van der Waals surface area contributed by atoms with Crippen LogP contribution in [0.25, 0.3) is 0 Å². The van der Waals surface area contributed by atoms with Crippen LogP contribution in [0.3, 0.4) is 0 Å². The summed E-state index contributed by atoms with van der Waals surface area (Å²) in [5.74, 6) is 0.404. The lowest BCUT2D eigenvalue weighted by Gasteiger charge is -2.35. The van der Waals surface area contributed by atoms with Gasteiger partial charge in [-0.05, 0) is 79.5 Å². The molecule has 0 saturated carbocycles. The van der Waals surface area contributed by atoms with E-state index in [0.717, 1.165) is 25.2 Å². The first-order valence-corrected chi connectivity index (χ1v) is 14.4. The number of hydrogen-bond acceptors (Lipinski definition) is 6. The number of rotatable bonds is 8. The number of amides is 1. The maximum Gasteiger partial charge on any atom is 0.264 e. The Morgan fingerprint density at radius 3 is 2.39 bits per heavy atom. The van der Waals surface area contributed by atoms with Crippen LogP contribution < -0.4 is 19.1 Å². The topological polar surface area (TPSA) is 88.2 Å². The molecule has 3 aromatic carbocycles. The Morgan fingerprint density at radius 1 is 1.03 bits per heavy atom. The first-order chi connectivity index (χ1) is 18.3. The molecule has 2 aliphatic heterocycles. The average molecular weight is 556 g/mol. The highest BCUT2D eigenvalue weighted by atomic mass is 35.5. The van der Waals surface area contributed by atoms with Gasteiger partial charge in [-0.25, -0.2) is 8.42 Å². The fourth-order valence-electron chi connectivity index (χ4n) is 4.73. The van der Waals surface area contributed by atoms with E-state index in [0.29, 0.717) is 17.3 Å². The Hall–Kier alpha value is -3.27. The van der Waals surface area contributed by atoms with E-state index in [1.807, 2.05) is 12.1 Å². The van der Waals surface area contributed by atoms with Crippen LogP contribution in [-0.2, 0) is 27.9 Å². The van der Waals surface area contributed by atoms with Crippen molar-refractivity contribution < 1.29 is 22.7 Å². The SMILES string of the molecule is COc1ccc(S(=O)(=O)N2C[C@@H](C(=O)NCc3ccc(CN4CCCC4)cc3)Oc3ccc(Cl)cc32)cc1. The van der Waals surface area contributed by atoms with Gasteiger partial charge in [0, 0.05) is 18.1 Å². The fraction of sp³-hybridized carbons (Fsp3) is 0.321. The summed E-state index contributed by atoms with van der Waals surface area (Å²) in [4.78, 5) is 15.6. The van der Waals surface area contributed by atoms with Crippen LogP contribution in [0.5, 0.6) is 11.5 Å². The van der Waals surface area contributed by atoms with Crippen molar-refractivity contribution in [3.8, 4) is 11.5 Å². The number of nitrogens with zero attached hydrogens (tertiary/aromatic N) is 2. The molecule has 2 heterocycles. The van der Waals surface area contributed by atoms with Crippen molar-refractivity contribution in [3.63, 3.8) is 0 Å². The average Bonchev–Trinajstić information content (AvgIpc) is 3.45. The summed E-state index contributed by atoms with van der Waals surface area (Å²) in [6, 6.07) is 19.0. The van der Waals surface area contributed by atoms with Crippen molar-refractivity contribution in [2.24, 2.45) is 0 Å². The maximum atomic E-state index is 13.6. The molecule has 8 nitrogen and oxygen atoms in total. The number of carbonyl (C=O) groups excluding carboxylic acids is 1. The molecule has 1 fully saturated rings. The van der Waals surface area contributed by atoms with Gasteiger partial charge < -0.3 is 14.8 Å². The normalized spacial score (nSPS) is 17.5. The van der Waals surface area contributed by atoms with Gasteiger partial charge in [0.05, 0.1) is 24.2 Å². The van der Waals surface area contributed by atoms with Gasteiger partial charge in [-0.15, -0.1) is 0 Å². The number of carbonyl (C=O) groups is 1. The maximum absolute atomic E-state index is 13.6. The van der Waals surface area contributed by atoms with Crippen molar-refractivity contribution in [2.45, 2.75) is 36.9 Å². The van der Waals surface area contributed by atoms with E-state index in [-0.39, 0.29) is 22.9 Å². The lowest BCUT2D eigenvalue weighted by Crippen LogP contribution is -2.50. The number of fused-ring (bicyclic) bond motifs is 1. The van der Waals surface area contributed by atoms with Gasteiger partial charge in [-0.1, -0.05) is 35.9 Å². The van der Waals surface area contributed by atoms with Gasteiger partial charge in [0.15, 0.2) is 6.10 Å². The van der Waals surface area contributed by atoms with Gasteiger partial charge >= 0.3 is 0 Å². The predicted octanol–water partition coefficient (Wildman–Crippen LogP) is 4.22. The first kappa shape index (κ1) is 26.3. The molecule has 0 bridgehead atoms. The smallest absolute Gasteiger partial charge is 0.264 e. The number of methoxy groups -OCH3 is 1. The quantitative estimate of drug-likeness (QED) is 0.448. The fourth-order valence-corrected chi connectivity index (χ4v) is 6.36. The van der Waals surface area contributed by atoms with Crippen LogP contribution >= 0.6 is 11.6 Å². The van der Waals surface area contributed by atoms with E-state index in [9.17, 15) is 13.2 Å². The minimum absolute atomic E-state index is 0.0688. The molecule has 0 aromatic heterocycles.